The van der Waals surface area contributed by atoms with E-state index in [9.17, 15) is 4.79 Å². The second-order valence-electron chi connectivity index (χ2n) is 8.97. The zero-order chi connectivity index (χ0) is 26.2. The molecule has 12 heteroatoms. The third kappa shape index (κ3) is 4.36. The molecule has 1 aliphatic heterocycles. The number of rotatable bonds is 6. The predicted molar refractivity (Wildman–Crippen MR) is 141 cm³/mol. The van der Waals surface area contributed by atoms with Crippen LogP contribution in [0.5, 0.6) is 5.88 Å². The first-order valence-corrected chi connectivity index (χ1v) is 12.4. The topological polar surface area (TPSA) is 137 Å². The van der Waals surface area contributed by atoms with Crippen molar-refractivity contribution in [1.82, 2.24) is 34.7 Å². The zero-order valence-corrected chi connectivity index (χ0v) is 20.6. The van der Waals surface area contributed by atoms with Crippen LogP contribution in [0, 0.1) is 0 Å². The molecular formula is C27H22N8O4. The van der Waals surface area contributed by atoms with E-state index in [-0.39, 0.29) is 12.4 Å². The molecule has 1 aliphatic rings. The number of pyridine rings is 2. The molecule has 1 aromatic carbocycles. The average Bonchev–Trinajstić information content (AvgIpc) is 3.60. The van der Waals surface area contributed by atoms with Crippen molar-refractivity contribution in [2.45, 2.75) is 6.61 Å². The SMILES string of the molecule is O=c1[nH]c(-c2ccc(-c3c(COc4ccc5ccccc5n4)nc4c(N5CCOCC5)ccnn34)cn2)no1. The first-order valence-electron chi connectivity index (χ1n) is 12.4. The van der Waals surface area contributed by atoms with Gasteiger partial charge in [-0.05, 0) is 30.3 Å². The Morgan fingerprint density at radius 2 is 1.90 bits per heavy atom. The number of aromatic amines is 1. The molecule has 6 aromatic rings. The molecule has 0 radical (unpaired) electrons. The Balaban J connectivity index is 1.29. The fourth-order valence-corrected chi connectivity index (χ4v) is 4.70. The lowest BCUT2D eigenvalue weighted by Gasteiger charge is -2.28. The van der Waals surface area contributed by atoms with Crippen LogP contribution in [0.2, 0.25) is 0 Å². The van der Waals surface area contributed by atoms with E-state index in [0.29, 0.717) is 36.1 Å². The fraction of sp³-hybridized carbons (Fsp3) is 0.185. The number of aromatic nitrogens is 7. The molecule has 39 heavy (non-hydrogen) atoms. The van der Waals surface area contributed by atoms with E-state index >= 15 is 0 Å². The van der Waals surface area contributed by atoms with E-state index in [1.54, 1.807) is 18.5 Å². The van der Waals surface area contributed by atoms with Gasteiger partial charge in [0.2, 0.25) is 11.7 Å². The summed E-state index contributed by atoms with van der Waals surface area (Å²) < 4.78 is 18.1. The minimum atomic E-state index is -0.640. The number of nitrogens with zero attached hydrogens (tertiary/aromatic N) is 7. The lowest BCUT2D eigenvalue weighted by molar-refractivity contribution is 0.123. The Morgan fingerprint density at radius 1 is 1.00 bits per heavy atom. The van der Waals surface area contributed by atoms with Crippen molar-refractivity contribution >= 4 is 22.2 Å². The molecule has 0 amide bonds. The minimum absolute atomic E-state index is 0.172. The second-order valence-corrected chi connectivity index (χ2v) is 8.97. The first kappa shape index (κ1) is 23.0. The van der Waals surface area contributed by atoms with Gasteiger partial charge >= 0.3 is 5.76 Å². The molecule has 0 atom stereocenters. The van der Waals surface area contributed by atoms with Crippen LogP contribution in [0.15, 0.2) is 76.3 Å². The van der Waals surface area contributed by atoms with Gasteiger partial charge in [-0.3, -0.25) is 14.5 Å². The maximum atomic E-state index is 11.4. The van der Waals surface area contributed by atoms with Crippen molar-refractivity contribution in [2.24, 2.45) is 0 Å². The molecule has 0 saturated carbocycles. The highest BCUT2D eigenvalue weighted by molar-refractivity contribution is 5.79. The average molecular weight is 523 g/mol. The van der Waals surface area contributed by atoms with Crippen molar-refractivity contribution in [3.05, 3.63) is 83.2 Å². The largest absolute Gasteiger partial charge is 0.471 e. The number of hydrogen-bond donors (Lipinski definition) is 1. The van der Waals surface area contributed by atoms with Crippen LogP contribution >= 0.6 is 0 Å². The lowest BCUT2D eigenvalue weighted by Crippen LogP contribution is -2.36. The highest BCUT2D eigenvalue weighted by atomic mass is 16.5. The van der Waals surface area contributed by atoms with Gasteiger partial charge in [0.05, 0.1) is 30.6 Å². The number of hydrogen-bond acceptors (Lipinski definition) is 10. The number of morpholine rings is 1. The van der Waals surface area contributed by atoms with Crippen LogP contribution in [0.3, 0.4) is 0 Å². The molecule has 12 nitrogen and oxygen atoms in total. The summed E-state index contributed by atoms with van der Waals surface area (Å²) in [4.78, 5) is 30.2. The smallest absolute Gasteiger partial charge is 0.439 e. The molecule has 1 saturated heterocycles. The number of nitrogens with one attached hydrogen (secondary N) is 1. The summed E-state index contributed by atoms with van der Waals surface area (Å²) >= 11 is 0. The van der Waals surface area contributed by atoms with E-state index < -0.39 is 5.76 Å². The molecule has 0 spiro atoms. The Hall–Kier alpha value is -5.10. The number of ether oxygens (including phenoxy) is 2. The summed E-state index contributed by atoms with van der Waals surface area (Å²) in [5.41, 5.74) is 5.20. The molecule has 1 N–H and O–H groups in total. The predicted octanol–water partition coefficient (Wildman–Crippen LogP) is 3.10. The number of benzene rings is 1. The van der Waals surface area contributed by atoms with E-state index in [0.717, 1.165) is 40.9 Å². The summed E-state index contributed by atoms with van der Waals surface area (Å²) in [6.45, 7) is 3.01. The van der Waals surface area contributed by atoms with Crippen molar-refractivity contribution in [3.8, 4) is 28.7 Å². The molecule has 6 heterocycles. The second kappa shape index (κ2) is 9.65. The van der Waals surface area contributed by atoms with Gasteiger partial charge in [-0.15, -0.1) is 0 Å². The fourth-order valence-electron chi connectivity index (χ4n) is 4.70. The summed E-state index contributed by atoms with van der Waals surface area (Å²) in [6, 6.07) is 17.3. The number of H-pyrrole nitrogens is 1. The molecule has 1 fully saturated rings. The van der Waals surface area contributed by atoms with E-state index in [2.05, 4.69) is 34.6 Å². The van der Waals surface area contributed by atoms with Crippen molar-refractivity contribution in [3.63, 3.8) is 0 Å². The van der Waals surface area contributed by atoms with Gasteiger partial charge in [0.25, 0.3) is 0 Å². The minimum Gasteiger partial charge on any atom is -0.471 e. The zero-order valence-electron chi connectivity index (χ0n) is 20.6. The summed E-state index contributed by atoms with van der Waals surface area (Å²) in [5, 5.41) is 9.39. The van der Waals surface area contributed by atoms with Gasteiger partial charge < -0.3 is 14.4 Å². The number of anilines is 1. The lowest BCUT2D eigenvalue weighted by atomic mass is 10.1. The van der Waals surface area contributed by atoms with Crippen LogP contribution in [0.1, 0.15) is 5.69 Å². The summed E-state index contributed by atoms with van der Waals surface area (Å²) in [7, 11) is 0. The Kier molecular flexibility index (Phi) is 5.70. The van der Waals surface area contributed by atoms with Crippen molar-refractivity contribution < 1.29 is 14.0 Å². The Labute approximate surface area is 220 Å². The molecule has 5 aromatic heterocycles. The summed E-state index contributed by atoms with van der Waals surface area (Å²) in [5.74, 6) is 0.115. The van der Waals surface area contributed by atoms with Crippen LogP contribution in [-0.4, -0.2) is 61.0 Å². The van der Waals surface area contributed by atoms with E-state index in [1.165, 1.54) is 0 Å². The first-order chi connectivity index (χ1) is 19.2. The van der Waals surface area contributed by atoms with Gasteiger partial charge in [-0.2, -0.15) is 5.10 Å². The number of fused-ring (bicyclic) bond motifs is 2. The third-order valence-electron chi connectivity index (χ3n) is 6.57. The van der Waals surface area contributed by atoms with Gasteiger partial charge in [0.1, 0.15) is 23.7 Å². The maximum absolute atomic E-state index is 11.4. The quantitative estimate of drug-likeness (QED) is 0.347. The van der Waals surface area contributed by atoms with Crippen LogP contribution in [-0.2, 0) is 11.3 Å². The monoisotopic (exact) mass is 522 g/mol. The van der Waals surface area contributed by atoms with Crippen LogP contribution in [0.4, 0.5) is 5.69 Å². The molecule has 194 valence electrons. The van der Waals surface area contributed by atoms with Crippen LogP contribution in [0.25, 0.3) is 39.3 Å². The van der Waals surface area contributed by atoms with Crippen molar-refractivity contribution in [2.75, 3.05) is 31.2 Å². The standard InChI is InChI=1S/C27H22N8O4/c36-27-32-25(33-39-27)20-7-5-18(15-28-20)24-21(16-38-23-8-6-17-3-1-2-4-19(17)30-23)31-26-22(9-10-29-35(24)26)34-11-13-37-14-12-34/h1-10,15H,11-14,16H2,(H,32,33,36). The highest BCUT2D eigenvalue weighted by Crippen LogP contribution is 2.31. The molecular weight excluding hydrogens is 500 g/mol. The highest BCUT2D eigenvalue weighted by Gasteiger charge is 2.22. The Morgan fingerprint density at radius 3 is 2.72 bits per heavy atom. The molecule has 0 aliphatic carbocycles. The number of imidazole rings is 1. The Bertz CT molecular complexity index is 1840. The van der Waals surface area contributed by atoms with Crippen molar-refractivity contribution in [1.29, 1.82) is 0 Å². The van der Waals surface area contributed by atoms with Gasteiger partial charge in [-0.25, -0.2) is 19.3 Å². The third-order valence-corrected chi connectivity index (χ3v) is 6.57. The van der Waals surface area contributed by atoms with Gasteiger partial charge in [-0.1, -0.05) is 23.4 Å². The number of para-hydroxylation sites is 1. The van der Waals surface area contributed by atoms with E-state index in [1.807, 2.05) is 53.0 Å². The molecule has 0 bridgehead atoms. The van der Waals surface area contributed by atoms with Gasteiger partial charge in [0, 0.05) is 36.3 Å². The van der Waals surface area contributed by atoms with Crippen LogP contribution < -0.4 is 15.4 Å². The normalized spacial score (nSPS) is 13.8. The summed E-state index contributed by atoms with van der Waals surface area (Å²) in [6.07, 6.45) is 3.45. The molecule has 7 rings (SSSR count). The van der Waals surface area contributed by atoms with Gasteiger partial charge in [0.15, 0.2) is 5.65 Å². The maximum Gasteiger partial charge on any atom is 0.439 e. The van der Waals surface area contributed by atoms with E-state index in [4.69, 9.17) is 14.5 Å². The molecule has 0 unspecified atom stereocenters.